The number of hydrogen-bond donors (Lipinski definition) is 3. The first-order valence-corrected chi connectivity index (χ1v) is 6.56. The summed E-state index contributed by atoms with van der Waals surface area (Å²) >= 11 is 5.19. The maximum absolute atomic E-state index is 12.0. The van der Waals surface area contributed by atoms with Crippen molar-refractivity contribution in [3.63, 3.8) is 0 Å². The van der Waals surface area contributed by atoms with E-state index in [1.807, 2.05) is 18.2 Å². The van der Waals surface area contributed by atoms with Gasteiger partial charge in [-0.3, -0.25) is 19.3 Å². The zero-order chi connectivity index (χ0) is 15.0. The van der Waals surface area contributed by atoms with Gasteiger partial charge < -0.3 is 10.4 Å². The molecule has 0 aliphatic carbocycles. The number of rotatable bonds is 3. The van der Waals surface area contributed by atoms with Gasteiger partial charge in [0.05, 0.1) is 12.2 Å². The highest BCUT2D eigenvalue weighted by atomic mass is 32.1. The molecule has 0 amide bonds. The summed E-state index contributed by atoms with van der Waals surface area (Å²) in [6.45, 7) is 0.393. The minimum Gasteiger partial charge on any atom is -0.317 e. The SMILES string of the molecule is Cn1c(=O)[nH]c(=O)c2c1[nH]c(=S)n2NCc1ccccn1. The highest BCUT2D eigenvalue weighted by Gasteiger charge is 2.12. The summed E-state index contributed by atoms with van der Waals surface area (Å²) in [4.78, 5) is 32.8. The van der Waals surface area contributed by atoms with Crippen LogP contribution < -0.4 is 16.7 Å². The lowest BCUT2D eigenvalue weighted by Gasteiger charge is -2.07. The van der Waals surface area contributed by atoms with Gasteiger partial charge in [0, 0.05) is 13.2 Å². The van der Waals surface area contributed by atoms with E-state index in [-0.39, 0.29) is 5.52 Å². The van der Waals surface area contributed by atoms with E-state index in [0.29, 0.717) is 17.0 Å². The molecule has 0 aliphatic rings. The van der Waals surface area contributed by atoms with Crippen molar-refractivity contribution in [2.75, 3.05) is 5.43 Å². The molecule has 108 valence electrons. The van der Waals surface area contributed by atoms with Crippen LogP contribution in [0.4, 0.5) is 0 Å². The summed E-state index contributed by atoms with van der Waals surface area (Å²) in [5.74, 6) is 0. The molecular formula is C12H12N6O2S. The molecule has 3 N–H and O–H groups in total. The second-order valence-electron chi connectivity index (χ2n) is 4.44. The van der Waals surface area contributed by atoms with Crippen LogP contribution in [-0.4, -0.2) is 24.2 Å². The minimum atomic E-state index is -0.506. The van der Waals surface area contributed by atoms with Gasteiger partial charge in [0.1, 0.15) is 5.65 Å². The molecule has 3 aromatic rings. The summed E-state index contributed by atoms with van der Waals surface area (Å²) in [5.41, 5.74) is 3.44. The van der Waals surface area contributed by atoms with Gasteiger partial charge in [0.25, 0.3) is 5.56 Å². The molecule has 0 bridgehead atoms. The number of pyridine rings is 1. The number of aromatic amines is 2. The Bertz CT molecular complexity index is 965. The van der Waals surface area contributed by atoms with Gasteiger partial charge in [-0.1, -0.05) is 6.07 Å². The van der Waals surface area contributed by atoms with Crippen LogP contribution in [0.25, 0.3) is 11.2 Å². The first kappa shape index (κ1) is 13.3. The van der Waals surface area contributed by atoms with Crippen LogP contribution in [0.3, 0.4) is 0 Å². The fraction of sp³-hybridized carbons (Fsp3) is 0.167. The molecule has 0 unspecified atom stereocenters. The molecule has 9 heteroatoms. The Hall–Kier alpha value is -2.68. The Labute approximate surface area is 123 Å². The predicted molar refractivity (Wildman–Crippen MR) is 80.3 cm³/mol. The van der Waals surface area contributed by atoms with Crippen molar-refractivity contribution in [3.8, 4) is 0 Å². The van der Waals surface area contributed by atoms with Crippen molar-refractivity contribution in [2.45, 2.75) is 6.54 Å². The van der Waals surface area contributed by atoms with Crippen molar-refractivity contribution < 1.29 is 0 Å². The number of aryl methyl sites for hydroxylation is 1. The predicted octanol–water partition coefficient (Wildman–Crippen LogP) is 0.225. The summed E-state index contributed by atoms with van der Waals surface area (Å²) < 4.78 is 3.04. The number of fused-ring (bicyclic) bond motifs is 1. The van der Waals surface area contributed by atoms with E-state index >= 15 is 0 Å². The molecule has 3 aromatic heterocycles. The molecule has 0 spiro atoms. The number of hydrogen-bond acceptors (Lipinski definition) is 5. The van der Waals surface area contributed by atoms with Crippen LogP contribution >= 0.6 is 12.2 Å². The molecule has 0 saturated heterocycles. The average molecular weight is 304 g/mol. The average Bonchev–Trinajstić information content (AvgIpc) is 2.81. The van der Waals surface area contributed by atoms with Crippen molar-refractivity contribution in [1.29, 1.82) is 0 Å². The third-order valence-corrected chi connectivity index (χ3v) is 3.38. The van der Waals surface area contributed by atoms with E-state index in [1.165, 1.54) is 9.24 Å². The standard InChI is InChI=1S/C12H12N6O2S/c1-17-9-8(10(19)16-11(17)20)18(12(21)15-9)14-6-7-4-2-3-5-13-7/h2-5,14H,6H2,1H3,(H,15,21)(H,16,19,20). The van der Waals surface area contributed by atoms with Gasteiger partial charge in [-0.2, -0.15) is 0 Å². The van der Waals surface area contributed by atoms with Gasteiger partial charge in [-0.15, -0.1) is 0 Å². The van der Waals surface area contributed by atoms with Gasteiger partial charge >= 0.3 is 5.69 Å². The topological polar surface area (TPSA) is 101 Å². The minimum absolute atomic E-state index is 0.262. The second kappa shape index (κ2) is 5.02. The first-order valence-electron chi connectivity index (χ1n) is 6.16. The highest BCUT2D eigenvalue weighted by molar-refractivity contribution is 7.71. The van der Waals surface area contributed by atoms with Crippen LogP contribution in [-0.2, 0) is 13.6 Å². The van der Waals surface area contributed by atoms with Crippen molar-refractivity contribution in [3.05, 3.63) is 55.7 Å². The zero-order valence-corrected chi connectivity index (χ0v) is 11.9. The van der Waals surface area contributed by atoms with E-state index in [1.54, 1.807) is 13.2 Å². The fourth-order valence-electron chi connectivity index (χ4n) is 2.03. The van der Waals surface area contributed by atoms with Gasteiger partial charge in [-0.05, 0) is 24.4 Å². The molecule has 8 nitrogen and oxygen atoms in total. The van der Waals surface area contributed by atoms with Crippen LogP contribution in [0.1, 0.15) is 5.69 Å². The summed E-state index contributed by atoms with van der Waals surface area (Å²) in [5, 5.41) is 0. The highest BCUT2D eigenvalue weighted by Crippen LogP contribution is 2.05. The Morgan fingerprint density at radius 1 is 1.33 bits per heavy atom. The molecule has 0 saturated carbocycles. The summed E-state index contributed by atoms with van der Waals surface area (Å²) in [6.07, 6.45) is 1.68. The molecule has 0 fully saturated rings. The molecule has 0 atom stereocenters. The molecule has 0 aliphatic heterocycles. The number of aromatic nitrogens is 5. The molecule has 0 radical (unpaired) electrons. The maximum Gasteiger partial charge on any atom is 0.329 e. The number of nitrogens with zero attached hydrogens (tertiary/aromatic N) is 3. The van der Waals surface area contributed by atoms with Gasteiger partial charge in [0.15, 0.2) is 10.3 Å². The van der Waals surface area contributed by atoms with Gasteiger partial charge in [0.2, 0.25) is 0 Å². The van der Waals surface area contributed by atoms with Crippen molar-refractivity contribution >= 4 is 23.4 Å². The monoisotopic (exact) mass is 304 g/mol. The quantitative estimate of drug-likeness (QED) is 0.601. The van der Waals surface area contributed by atoms with E-state index in [4.69, 9.17) is 12.2 Å². The largest absolute Gasteiger partial charge is 0.329 e. The zero-order valence-electron chi connectivity index (χ0n) is 11.1. The van der Waals surface area contributed by atoms with Crippen LogP contribution in [0, 0.1) is 4.77 Å². The van der Waals surface area contributed by atoms with Crippen LogP contribution in [0.15, 0.2) is 34.0 Å². The molecular weight excluding hydrogens is 292 g/mol. The lowest BCUT2D eigenvalue weighted by molar-refractivity contribution is 0.815. The normalized spacial score (nSPS) is 10.9. The maximum atomic E-state index is 12.0. The summed E-state index contributed by atoms with van der Waals surface area (Å²) in [6, 6.07) is 5.54. The summed E-state index contributed by atoms with van der Waals surface area (Å²) in [7, 11) is 1.55. The Morgan fingerprint density at radius 2 is 2.14 bits per heavy atom. The Kier molecular flexibility index (Phi) is 3.18. The van der Waals surface area contributed by atoms with Crippen LogP contribution in [0.5, 0.6) is 0 Å². The van der Waals surface area contributed by atoms with E-state index < -0.39 is 11.2 Å². The van der Waals surface area contributed by atoms with E-state index in [0.717, 1.165) is 5.69 Å². The number of imidazole rings is 1. The molecule has 0 aromatic carbocycles. The lowest BCUT2D eigenvalue weighted by atomic mass is 10.3. The lowest BCUT2D eigenvalue weighted by Crippen LogP contribution is -2.30. The fourth-order valence-corrected chi connectivity index (χ4v) is 2.28. The van der Waals surface area contributed by atoms with Crippen molar-refractivity contribution in [1.82, 2.24) is 24.2 Å². The number of H-pyrrole nitrogens is 2. The first-order chi connectivity index (χ1) is 10.1. The smallest absolute Gasteiger partial charge is 0.317 e. The molecule has 3 rings (SSSR count). The van der Waals surface area contributed by atoms with E-state index in [2.05, 4.69) is 20.4 Å². The third-order valence-electron chi connectivity index (χ3n) is 3.10. The van der Waals surface area contributed by atoms with Crippen molar-refractivity contribution in [2.24, 2.45) is 7.05 Å². The Morgan fingerprint density at radius 3 is 2.86 bits per heavy atom. The van der Waals surface area contributed by atoms with E-state index in [9.17, 15) is 9.59 Å². The van der Waals surface area contributed by atoms with Crippen LogP contribution in [0.2, 0.25) is 0 Å². The van der Waals surface area contributed by atoms with Gasteiger partial charge in [-0.25, -0.2) is 9.47 Å². The Balaban J connectivity index is 2.09. The second-order valence-corrected chi connectivity index (χ2v) is 4.82. The molecule has 3 heterocycles. The number of nitrogens with one attached hydrogen (secondary N) is 3. The molecule has 21 heavy (non-hydrogen) atoms. The third kappa shape index (κ3) is 2.27.